The van der Waals surface area contributed by atoms with E-state index in [9.17, 15) is 14.7 Å². The van der Waals surface area contributed by atoms with Crippen LogP contribution in [0.3, 0.4) is 0 Å². The van der Waals surface area contributed by atoms with Gasteiger partial charge in [0.15, 0.2) is 6.04 Å². The highest BCUT2D eigenvalue weighted by molar-refractivity contribution is 9.10. The van der Waals surface area contributed by atoms with Crippen molar-refractivity contribution in [1.29, 1.82) is 0 Å². The van der Waals surface area contributed by atoms with Gasteiger partial charge in [-0.05, 0) is 28.4 Å². The van der Waals surface area contributed by atoms with E-state index in [1.807, 2.05) is 6.92 Å². The molecule has 1 unspecified atom stereocenters. The first kappa shape index (κ1) is 14.6. The second-order valence-electron chi connectivity index (χ2n) is 3.89. The smallest absolute Gasteiger partial charge is 0.331 e. The van der Waals surface area contributed by atoms with Crippen molar-refractivity contribution in [3.63, 3.8) is 0 Å². The molecule has 5 nitrogen and oxygen atoms in total. The van der Waals surface area contributed by atoms with Gasteiger partial charge in [-0.2, -0.15) is 0 Å². The Kier molecular flexibility index (Phi) is 5.27. The number of halogens is 1. The standard InChI is InChI=1S/C12H15BrN2O3/c1-3-4-15(8(2)16)11(12(17)18)9-5-10(13)7-14-6-9/h5-7,11H,3-4H2,1-2H3,(H,17,18). The van der Waals surface area contributed by atoms with E-state index >= 15 is 0 Å². The molecule has 0 saturated carbocycles. The summed E-state index contributed by atoms with van der Waals surface area (Å²) in [7, 11) is 0. The van der Waals surface area contributed by atoms with Crippen molar-refractivity contribution in [1.82, 2.24) is 9.88 Å². The Bertz CT molecular complexity index is 451. The summed E-state index contributed by atoms with van der Waals surface area (Å²) in [6.45, 7) is 3.67. The molecule has 98 valence electrons. The number of rotatable bonds is 5. The Hall–Kier alpha value is -1.43. The van der Waals surface area contributed by atoms with Crippen molar-refractivity contribution in [2.45, 2.75) is 26.3 Å². The van der Waals surface area contributed by atoms with Crippen molar-refractivity contribution in [3.8, 4) is 0 Å². The quantitative estimate of drug-likeness (QED) is 0.904. The fourth-order valence-corrected chi connectivity index (χ4v) is 2.13. The zero-order valence-electron chi connectivity index (χ0n) is 10.3. The van der Waals surface area contributed by atoms with E-state index in [4.69, 9.17) is 0 Å². The fraction of sp³-hybridized carbons (Fsp3) is 0.417. The van der Waals surface area contributed by atoms with Crippen LogP contribution in [0, 0.1) is 0 Å². The minimum Gasteiger partial charge on any atom is -0.479 e. The number of carbonyl (C=O) groups is 2. The van der Waals surface area contributed by atoms with Crippen LogP contribution in [0.15, 0.2) is 22.9 Å². The molecule has 1 atom stereocenters. The number of nitrogens with zero attached hydrogens (tertiary/aromatic N) is 2. The van der Waals surface area contributed by atoms with Crippen molar-refractivity contribution in [2.75, 3.05) is 6.54 Å². The molecular formula is C12H15BrN2O3. The van der Waals surface area contributed by atoms with E-state index in [1.54, 1.807) is 12.3 Å². The third kappa shape index (κ3) is 3.53. The van der Waals surface area contributed by atoms with Crippen LogP contribution in [0.5, 0.6) is 0 Å². The van der Waals surface area contributed by atoms with E-state index in [-0.39, 0.29) is 5.91 Å². The summed E-state index contributed by atoms with van der Waals surface area (Å²) in [5, 5.41) is 9.33. The lowest BCUT2D eigenvalue weighted by atomic mass is 10.1. The summed E-state index contributed by atoms with van der Waals surface area (Å²) in [5.41, 5.74) is 0.487. The van der Waals surface area contributed by atoms with Gasteiger partial charge in [-0.1, -0.05) is 6.92 Å². The number of carboxylic acid groups (broad SMARTS) is 1. The molecule has 1 rings (SSSR count). The van der Waals surface area contributed by atoms with Crippen LogP contribution >= 0.6 is 15.9 Å². The van der Waals surface area contributed by atoms with Gasteiger partial charge in [-0.15, -0.1) is 0 Å². The van der Waals surface area contributed by atoms with Gasteiger partial charge < -0.3 is 10.0 Å². The average Bonchev–Trinajstić information content (AvgIpc) is 2.27. The summed E-state index contributed by atoms with van der Waals surface area (Å²) in [6, 6.07) is 0.671. The average molecular weight is 315 g/mol. The summed E-state index contributed by atoms with van der Waals surface area (Å²) < 4.78 is 0.686. The van der Waals surface area contributed by atoms with Gasteiger partial charge in [0.25, 0.3) is 0 Å². The molecule has 0 aliphatic carbocycles. The Labute approximate surface area is 114 Å². The van der Waals surface area contributed by atoms with Crippen LogP contribution in [0.1, 0.15) is 31.9 Å². The summed E-state index contributed by atoms with van der Waals surface area (Å²) in [4.78, 5) is 28.2. The SMILES string of the molecule is CCCN(C(C)=O)C(C(=O)O)c1cncc(Br)c1. The van der Waals surface area contributed by atoms with Crippen LogP contribution in [-0.4, -0.2) is 33.4 Å². The molecule has 0 aromatic carbocycles. The van der Waals surface area contributed by atoms with E-state index in [2.05, 4.69) is 20.9 Å². The number of hydrogen-bond donors (Lipinski definition) is 1. The zero-order chi connectivity index (χ0) is 13.7. The normalized spacial score (nSPS) is 11.9. The van der Waals surface area contributed by atoms with Crippen LogP contribution in [0.2, 0.25) is 0 Å². The number of carbonyl (C=O) groups excluding carboxylic acids is 1. The molecule has 0 fully saturated rings. The molecule has 0 saturated heterocycles. The topological polar surface area (TPSA) is 70.5 Å². The highest BCUT2D eigenvalue weighted by atomic mass is 79.9. The molecule has 1 N–H and O–H groups in total. The van der Waals surface area contributed by atoms with E-state index < -0.39 is 12.0 Å². The number of pyridine rings is 1. The number of aromatic nitrogens is 1. The van der Waals surface area contributed by atoms with Crippen LogP contribution in [0.25, 0.3) is 0 Å². The number of amides is 1. The molecule has 18 heavy (non-hydrogen) atoms. The molecule has 1 aromatic heterocycles. The van der Waals surface area contributed by atoms with Gasteiger partial charge in [-0.3, -0.25) is 9.78 Å². The largest absolute Gasteiger partial charge is 0.479 e. The molecule has 0 bridgehead atoms. The highest BCUT2D eigenvalue weighted by Gasteiger charge is 2.29. The maximum Gasteiger partial charge on any atom is 0.331 e. The van der Waals surface area contributed by atoms with Crippen LogP contribution in [0.4, 0.5) is 0 Å². The monoisotopic (exact) mass is 314 g/mol. The first-order valence-electron chi connectivity index (χ1n) is 5.57. The summed E-state index contributed by atoms with van der Waals surface area (Å²) in [6.07, 6.45) is 3.74. The lowest BCUT2D eigenvalue weighted by Gasteiger charge is -2.27. The molecule has 0 radical (unpaired) electrons. The fourth-order valence-electron chi connectivity index (χ4n) is 1.74. The van der Waals surface area contributed by atoms with Crippen molar-refractivity contribution < 1.29 is 14.7 Å². The lowest BCUT2D eigenvalue weighted by Crippen LogP contribution is -2.38. The second-order valence-corrected chi connectivity index (χ2v) is 4.81. The highest BCUT2D eigenvalue weighted by Crippen LogP contribution is 2.23. The van der Waals surface area contributed by atoms with Crippen molar-refractivity contribution in [2.24, 2.45) is 0 Å². The van der Waals surface area contributed by atoms with Gasteiger partial charge in [0.2, 0.25) is 5.91 Å². The Morgan fingerprint density at radius 2 is 2.17 bits per heavy atom. The maximum absolute atomic E-state index is 11.6. The lowest BCUT2D eigenvalue weighted by molar-refractivity contribution is -0.149. The summed E-state index contributed by atoms with van der Waals surface area (Å²) in [5.74, 6) is -1.32. The first-order valence-corrected chi connectivity index (χ1v) is 6.37. The summed E-state index contributed by atoms with van der Waals surface area (Å²) >= 11 is 3.25. The minimum absolute atomic E-state index is 0.260. The molecule has 1 amide bonds. The van der Waals surface area contributed by atoms with Gasteiger partial charge in [0, 0.05) is 35.9 Å². The Morgan fingerprint density at radius 3 is 2.61 bits per heavy atom. The Morgan fingerprint density at radius 1 is 1.50 bits per heavy atom. The van der Waals surface area contributed by atoms with Gasteiger partial charge >= 0.3 is 5.97 Å². The first-order chi connectivity index (χ1) is 8.47. The van der Waals surface area contributed by atoms with E-state index in [0.29, 0.717) is 23.0 Å². The number of carboxylic acids is 1. The van der Waals surface area contributed by atoms with Gasteiger partial charge in [0.05, 0.1) is 0 Å². The predicted octanol–water partition coefficient (Wildman–Crippen LogP) is 2.23. The molecule has 6 heteroatoms. The van der Waals surface area contributed by atoms with Crippen molar-refractivity contribution in [3.05, 3.63) is 28.5 Å². The third-order valence-electron chi connectivity index (χ3n) is 2.46. The molecule has 0 aliphatic heterocycles. The van der Waals surface area contributed by atoms with Crippen LogP contribution in [-0.2, 0) is 9.59 Å². The third-order valence-corrected chi connectivity index (χ3v) is 2.89. The van der Waals surface area contributed by atoms with Crippen LogP contribution < -0.4 is 0 Å². The van der Waals surface area contributed by atoms with E-state index in [0.717, 1.165) is 0 Å². The second kappa shape index (κ2) is 6.49. The van der Waals surface area contributed by atoms with E-state index in [1.165, 1.54) is 18.0 Å². The Balaban J connectivity index is 3.15. The number of hydrogen-bond acceptors (Lipinski definition) is 3. The molecular weight excluding hydrogens is 300 g/mol. The van der Waals surface area contributed by atoms with Gasteiger partial charge in [0.1, 0.15) is 0 Å². The maximum atomic E-state index is 11.6. The molecule has 1 heterocycles. The molecule has 0 aliphatic rings. The zero-order valence-corrected chi connectivity index (χ0v) is 11.8. The van der Waals surface area contributed by atoms with Crippen molar-refractivity contribution >= 4 is 27.8 Å². The minimum atomic E-state index is -1.06. The molecule has 1 aromatic rings. The predicted molar refractivity (Wildman–Crippen MR) is 70.0 cm³/mol. The van der Waals surface area contributed by atoms with Gasteiger partial charge in [-0.25, -0.2) is 4.79 Å². The number of aliphatic carboxylic acids is 1. The molecule has 0 spiro atoms.